The molecule has 1 saturated heterocycles. The number of rotatable bonds is 6. The molecule has 1 saturated carbocycles. The van der Waals surface area contributed by atoms with E-state index in [1.54, 1.807) is 0 Å². The Morgan fingerprint density at radius 2 is 1.75 bits per heavy atom. The Kier molecular flexibility index (Phi) is 6.83. The molecule has 2 rings (SSSR count). The quantitative estimate of drug-likeness (QED) is 0.674. The van der Waals surface area contributed by atoms with Crippen LogP contribution in [0.4, 0.5) is 0 Å². The van der Waals surface area contributed by atoms with Crippen molar-refractivity contribution in [3.8, 4) is 0 Å². The summed E-state index contributed by atoms with van der Waals surface area (Å²) in [7, 11) is 0. The minimum Gasteiger partial charge on any atom is -0.298 e. The number of hydrogen-bond acceptors (Lipinski definition) is 2. The van der Waals surface area contributed by atoms with Crippen LogP contribution in [-0.2, 0) is 0 Å². The average molecular weight is 280 g/mol. The van der Waals surface area contributed by atoms with E-state index in [1.165, 1.54) is 77.5 Å². The molecule has 0 radical (unpaired) electrons. The molecular formula is C18H36N2. The SMILES string of the molecule is CC(C)N1CCN(CCCCC2CCCCC2)C(C)C1. The Labute approximate surface area is 126 Å². The highest BCUT2D eigenvalue weighted by Gasteiger charge is 2.24. The van der Waals surface area contributed by atoms with Gasteiger partial charge in [0.2, 0.25) is 0 Å². The van der Waals surface area contributed by atoms with E-state index < -0.39 is 0 Å². The molecular weight excluding hydrogens is 244 g/mol. The molecule has 0 aromatic rings. The largest absolute Gasteiger partial charge is 0.298 e. The maximum absolute atomic E-state index is 2.72. The minimum absolute atomic E-state index is 0.714. The first kappa shape index (κ1) is 16.3. The maximum atomic E-state index is 2.72. The van der Waals surface area contributed by atoms with Crippen molar-refractivity contribution in [3.05, 3.63) is 0 Å². The lowest BCUT2D eigenvalue weighted by atomic mass is 9.86. The average Bonchev–Trinajstić information content (AvgIpc) is 2.46. The number of unbranched alkanes of at least 4 members (excludes halogenated alkanes) is 1. The Morgan fingerprint density at radius 3 is 2.40 bits per heavy atom. The lowest BCUT2D eigenvalue weighted by molar-refractivity contribution is 0.0633. The molecule has 1 unspecified atom stereocenters. The smallest absolute Gasteiger partial charge is 0.0195 e. The number of piperazine rings is 1. The van der Waals surface area contributed by atoms with Gasteiger partial charge < -0.3 is 0 Å². The van der Waals surface area contributed by atoms with Crippen molar-refractivity contribution in [3.63, 3.8) is 0 Å². The van der Waals surface area contributed by atoms with E-state index in [9.17, 15) is 0 Å². The van der Waals surface area contributed by atoms with Gasteiger partial charge in [0.05, 0.1) is 0 Å². The molecule has 1 heterocycles. The molecule has 1 atom stereocenters. The third-order valence-electron chi connectivity index (χ3n) is 5.56. The zero-order valence-corrected chi connectivity index (χ0v) is 14.1. The van der Waals surface area contributed by atoms with E-state index in [2.05, 4.69) is 30.6 Å². The van der Waals surface area contributed by atoms with Gasteiger partial charge in [-0.3, -0.25) is 9.80 Å². The Morgan fingerprint density at radius 1 is 1.00 bits per heavy atom. The second-order valence-corrected chi connectivity index (χ2v) is 7.47. The van der Waals surface area contributed by atoms with Gasteiger partial charge in [0.15, 0.2) is 0 Å². The second kappa shape index (κ2) is 8.38. The van der Waals surface area contributed by atoms with Crippen molar-refractivity contribution in [2.45, 2.75) is 84.2 Å². The van der Waals surface area contributed by atoms with Crippen molar-refractivity contribution in [1.29, 1.82) is 0 Å². The predicted molar refractivity (Wildman–Crippen MR) is 88.2 cm³/mol. The van der Waals surface area contributed by atoms with Crippen LogP contribution < -0.4 is 0 Å². The predicted octanol–water partition coefficient (Wildman–Crippen LogP) is 4.15. The van der Waals surface area contributed by atoms with Gasteiger partial charge in [0, 0.05) is 31.7 Å². The van der Waals surface area contributed by atoms with Crippen LogP contribution in [0.3, 0.4) is 0 Å². The molecule has 0 amide bonds. The summed E-state index contributed by atoms with van der Waals surface area (Å²) in [6.07, 6.45) is 11.9. The summed E-state index contributed by atoms with van der Waals surface area (Å²) in [5.41, 5.74) is 0. The molecule has 0 N–H and O–H groups in total. The Bertz CT molecular complexity index is 258. The van der Waals surface area contributed by atoms with E-state index in [0.717, 1.165) is 12.0 Å². The van der Waals surface area contributed by atoms with Crippen molar-refractivity contribution >= 4 is 0 Å². The van der Waals surface area contributed by atoms with Gasteiger partial charge in [0.25, 0.3) is 0 Å². The number of hydrogen-bond donors (Lipinski definition) is 0. The van der Waals surface area contributed by atoms with Gasteiger partial charge in [-0.25, -0.2) is 0 Å². The molecule has 1 aliphatic heterocycles. The summed E-state index contributed by atoms with van der Waals surface area (Å²) in [4.78, 5) is 5.35. The summed E-state index contributed by atoms with van der Waals surface area (Å²) in [6.45, 7) is 12.2. The minimum atomic E-state index is 0.714. The first-order valence-electron chi connectivity index (χ1n) is 9.15. The summed E-state index contributed by atoms with van der Waals surface area (Å²) >= 11 is 0. The van der Waals surface area contributed by atoms with E-state index >= 15 is 0 Å². The highest BCUT2D eigenvalue weighted by atomic mass is 15.3. The second-order valence-electron chi connectivity index (χ2n) is 7.47. The third-order valence-corrected chi connectivity index (χ3v) is 5.56. The van der Waals surface area contributed by atoms with Crippen molar-refractivity contribution < 1.29 is 0 Å². The van der Waals surface area contributed by atoms with E-state index in [-0.39, 0.29) is 0 Å². The summed E-state index contributed by atoms with van der Waals surface area (Å²) in [5, 5.41) is 0. The third kappa shape index (κ3) is 5.04. The van der Waals surface area contributed by atoms with Gasteiger partial charge >= 0.3 is 0 Å². The normalized spacial score (nSPS) is 27.3. The van der Waals surface area contributed by atoms with Crippen LogP contribution in [0, 0.1) is 5.92 Å². The van der Waals surface area contributed by atoms with Gasteiger partial charge in [-0.1, -0.05) is 44.9 Å². The molecule has 1 aliphatic carbocycles. The fourth-order valence-corrected chi connectivity index (χ4v) is 4.05. The van der Waals surface area contributed by atoms with Crippen LogP contribution in [0.2, 0.25) is 0 Å². The lowest BCUT2D eigenvalue weighted by Gasteiger charge is -2.41. The highest BCUT2D eigenvalue weighted by molar-refractivity contribution is 4.80. The van der Waals surface area contributed by atoms with E-state index in [1.807, 2.05) is 0 Å². The van der Waals surface area contributed by atoms with Gasteiger partial charge in [-0.15, -0.1) is 0 Å². The molecule has 2 aliphatic rings. The van der Waals surface area contributed by atoms with Crippen LogP contribution in [0.1, 0.15) is 72.1 Å². The van der Waals surface area contributed by atoms with Gasteiger partial charge in [-0.05, 0) is 39.7 Å². The van der Waals surface area contributed by atoms with Gasteiger partial charge in [0.1, 0.15) is 0 Å². The van der Waals surface area contributed by atoms with Gasteiger partial charge in [-0.2, -0.15) is 0 Å². The molecule has 20 heavy (non-hydrogen) atoms. The summed E-state index contributed by atoms with van der Waals surface area (Å²) in [6, 6.07) is 1.46. The lowest BCUT2D eigenvalue weighted by Crippen LogP contribution is -2.53. The van der Waals surface area contributed by atoms with Crippen molar-refractivity contribution in [2.24, 2.45) is 5.92 Å². The van der Waals surface area contributed by atoms with Crippen LogP contribution >= 0.6 is 0 Å². The first-order chi connectivity index (χ1) is 9.66. The van der Waals surface area contributed by atoms with Crippen LogP contribution in [-0.4, -0.2) is 48.1 Å². The summed E-state index contributed by atoms with van der Waals surface area (Å²) < 4.78 is 0. The topological polar surface area (TPSA) is 6.48 Å². The van der Waals surface area contributed by atoms with Crippen LogP contribution in [0.15, 0.2) is 0 Å². The molecule has 2 heteroatoms. The Hall–Kier alpha value is -0.0800. The van der Waals surface area contributed by atoms with E-state index in [0.29, 0.717) is 6.04 Å². The van der Waals surface area contributed by atoms with Crippen molar-refractivity contribution in [1.82, 2.24) is 9.80 Å². The van der Waals surface area contributed by atoms with Crippen molar-refractivity contribution in [2.75, 3.05) is 26.2 Å². The number of nitrogens with zero attached hydrogens (tertiary/aromatic N) is 2. The highest BCUT2D eigenvalue weighted by Crippen LogP contribution is 2.27. The molecule has 0 spiro atoms. The molecule has 2 nitrogen and oxygen atoms in total. The standard InChI is InChI=1S/C18H36N2/c1-16(2)20-14-13-19(17(3)15-20)12-8-7-11-18-9-5-4-6-10-18/h16-18H,4-15H2,1-3H3. The zero-order chi connectivity index (χ0) is 14.4. The molecule has 2 fully saturated rings. The Balaban J connectivity index is 1.57. The fourth-order valence-electron chi connectivity index (χ4n) is 4.05. The zero-order valence-electron chi connectivity index (χ0n) is 14.1. The van der Waals surface area contributed by atoms with Crippen LogP contribution in [0.25, 0.3) is 0 Å². The molecule has 0 bridgehead atoms. The molecule has 0 aromatic heterocycles. The fraction of sp³-hybridized carbons (Fsp3) is 1.00. The maximum Gasteiger partial charge on any atom is 0.0195 e. The van der Waals surface area contributed by atoms with E-state index in [4.69, 9.17) is 0 Å². The molecule has 0 aromatic carbocycles. The first-order valence-corrected chi connectivity index (χ1v) is 9.15. The molecule has 118 valence electrons. The van der Waals surface area contributed by atoms with Crippen LogP contribution in [0.5, 0.6) is 0 Å². The summed E-state index contributed by atoms with van der Waals surface area (Å²) in [5.74, 6) is 1.07. The monoisotopic (exact) mass is 280 g/mol.